The topological polar surface area (TPSA) is 89.2 Å². The van der Waals surface area contributed by atoms with Gasteiger partial charge in [0.25, 0.3) is 10.0 Å². The van der Waals surface area contributed by atoms with E-state index in [4.69, 9.17) is 18.0 Å². The van der Waals surface area contributed by atoms with Gasteiger partial charge in [0.05, 0.1) is 11.4 Å². The third-order valence-corrected chi connectivity index (χ3v) is 4.65. The van der Waals surface area contributed by atoms with Crippen molar-refractivity contribution in [2.75, 3.05) is 11.4 Å². The van der Waals surface area contributed by atoms with E-state index in [1.165, 1.54) is 37.8 Å². The van der Waals surface area contributed by atoms with Crippen molar-refractivity contribution in [2.24, 2.45) is 5.73 Å². The lowest BCUT2D eigenvalue weighted by molar-refractivity contribution is 0.594. The van der Waals surface area contributed by atoms with Gasteiger partial charge in [-0.2, -0.15) is 0 Å². The Labute approximate surface area is 122 Å². The molecule has 20 heavy (non-hydrogen) atoms. The van der Waals surface area contributed by atoms with Crippen LogP contribution >= 0.6 is 12.2 Å². The Morgan fingerprint density at radius 2 is 1.90 bits per heavy atom. The zero-order valence-corrected chi connectivity index (χ0v) is 12.2. The molecule has 0 aliphatic rings. The van der Waals surface area contributed by atoms with Gasteiger partial charge in [0, 0.05) is 25.6 Å². The number of nitrogens with zero attached hydrogens (tertiary/aromatic N) is 3. The van der Waals surface area contributed by atoms with E-state index >= 15 is 0 Å². The van der Waals surface area contributed by atoms with Gasteiger partial charge >= 0.3 is 0 Å². The van der Waals surface area contributed by atoms with E-state index in [0.29, 0.717) is 11.4 Å². The fourth-order valence-corrected chi connectivity index (χ4v) is 2.79. The molecule has 6 nitrogen and oxygen atoms in total. The molecule has 0 amide bonds. The van der Waals surface area contributed by atoms with Crippen LogP contribution in [-0.4, -0.2) is 30.4 Å². The highest BCUT2D eigenvalue weighted by Crippen LogP contribution is 2.20. The van der Waals surface area contributed by atoms with Crippen molar-refractivity contribution >= 4 is 32.9 Å². The molecule has 0 spiro atoms. The fourth-order valence-electron chi connectivity index (χ4n) is 1.53. The fraction of sp³-hybridized carbons (Fsp3) is 0.0833. The van der Waals surface area contributed by atoms with Gasteiger partial charge in [0.2, 0.25) is 0 Å². The van der Waals surface area contributed by atoms with Gasteiger partial charge < -0.3 is 5.73 Å². The summed E-state index contributed by atoms with van der Waals surface area (Å²) >= 11 is 4.78. The molecular formula is C12H12N4O2S2. The van der Waals surface area contributed by atoms with E-state index in [-0.39, 0.29) is 9.88 Å². The van der Waals surface area contributed by atoms with Gasteiger partial charge in [0.1, 0.15) is 9.88 Å². The molecule has 0 fully saturated rings. The van der Waals surface area contributed by atoms with Crippen LogP contribution in [0.2, 0.25) is 0 Å². The predicted octanol–water partition coefficient (Wildman–Crippen LogP) is 0.936. The van der Waals surface area contributed by atoms with Crippen molar-refractivity contribution in [2.45, 2.75) is 4.90 Å². The van der Waals surface area contributed by atoms with Crippen LogP contribution in [0.4, 0.5) is 5.69 Å². The van der Waals surface area contributed by atoms with Crippen LogP contribution in [0.25, 0.3) is 0 Å². The predicted molar refractivity (Wildman–Crippen MR) is 80.0 cm³/mol. The van der Waals surface area contributed by atoms with Gasteiger partial charge in [-0.05, 0) is 24.3 Å². The highest BCUT2D eigenvalue weighted by atomic mass is 32.2. The van der Waals surface area contributed by atoms with Crippen LogP contribution < -0.4 is 10.0 Å². The van der Waals surface area contributed by atoms with Crippen LogP contribution in [0.5, 0.6) is 0 Å². The Kier molecular flexibility index (Phi) is 3.96. The SMILES string of the molecule is CN(c1ccncc1)S(=O)(=O)c1ccc(C(N)=S)nc1. The second-order valence-electron chi connectivity index (χ2n) is 3.92. The average molecular weight is 308 g/mol. The van der Waals surface area contributed by atoms with Crippen LogP contribution in [0.15, 0.2) is 47.8 Å². The molecule has 0 atom stereocenters. The Morgan fingerprint density at radius 3 is 2.40 bits per heavy atom. The molecule has 2 aromatic heterocycles. The van der Waals surface area contributed by atoms with Crippen molar-refractivity contribution < 1.29 is 8.42 Å². The Balaban J connectivity index is 2.37. The van der Waals surface area contributed by atoms with E-state index in [9.17, 15) is 8.42 Å². The van der Waals surface area contributed by atoms with Crippen LogP contribution in [0, 0.1) is 0 Å². The van der Waals surface area contributed by atoms with Gasteiger partial charge in [-0.3, -0.25) is 14.3 Å². The van der Waals surface area contributed by atoms with Gasteiger partial charge in [-0.15, -0.1) is 0 Å². The van der Waals surface area contributed by atoms with Crippen LogP contribution in [-0.2, 0) is 10.0 Å². The second-order valence-corrected chi connectivity index (χ2v) is 6.33. The quantitative estimate of drug-likeness (QED) is 0.845. The van der Waals surface area contributed by atoms with Crippen molar-refractivity contribution in [1.29, 1.82) is 0 Å². The third-order valence-electron chi connectivity index (χ3n) is 2.67. The summed E-state index contributed by atoms with van der Waals surface area (Å²) in [5.41, 5.74) is 6.32. The van der Waals surface area contributed by atoms with E-state index in [0.717, 1.165) is 4.31 Å². The number of anilines is 1. The first-order valence-corrected chi connectivity index (χ1v) is 7.42. The first-order valence-electron chi connectivity index (χ1n) is 5.58. The van der Waals surface area contributed by atoms with Crippen LogP contribution in [0.1, 0.15) is 5.69 Å². The highest BCUT2D eigenvalue weighted by Gasteiger charge is 2.21. The molecule has 0 radical (unpaired) electrons. The molecule has 2 heterocycles. The maximum absolute atomic E-state index is 12.4. The lowest BCUT2D eigenvalue weighted by atomic mass is 10.3. The molecule has 0 aliphatic heterocycles. The van der Waals surface area contributed by atoms with Crippen molar-refractivity contribution in [3.63, 3.8) is 0 Å². The molecule has 0 aliphatic carbocycles. The average Bonchev–Trinajstić information content (AvgIpc) is 2.47. The van der Waals surface area contributed by atoms with E-state index in [1.807, 2.05) is 0 Å². The molecule has 2 rings (SSSR count). The summed E-state index contributed by atoms with van der Waals surface area (Å²) in [6, 6.07) is 6.12. The summed E-state index contributed by atoms with van der Waals surface area (Å²) in [7, 11) is -2.21. The Morgan fingerprint density at radius 1 is 1.25 bits per heavy atom. The maximum atomic E-state index is 12.4. The zero-order valence-electron chi connectivity index (χ0n) is 10.6. The molecule has 0 bridgehead atoms. The zero-order chi connectivity index (χ0) is 14.8. The normalized spacial score (nSPS) is 11.1. The number of sulfonamides is 1. The summed E-state index contributed by atoms with van der Waals surface area (Å²) in [6.45, 7) is 0. The monoisotopic (exact) mass is 308 g/mol. The largest absolute Gasteiger partial charge is 0.388 e. The molecular weight excluding hydrogens is 296 g/mol. The molecule has 0 saturated carbocycles. The van der Waals surface area contributed by atoms with E-state index in [1.54, 1.807) is 12.1 Å². The summed E-state index contributed by atoms with van der Waals surface area (Å²) in [5.74, 6) is 0. The number of hydrogen-bond donors (Lipinski definition) is 1. The smallest absolute Gasteiger partial charge is 0.265 e. The number of hydrogen-bond acceptors (Lipinski definition) is 5. The number of aromatic nitrogens is 2. The second kappa shape index (κ2) is 5.51. The Hall–Kier alpha value is -2.06. The van der Waals surface area contributed by atoms with Gasteiger partial charge in [-0.1, -0.05) is 12.2 Å². The lowest BCUT2D eigenvalue weighted by Crippen LogP contribution is -2.26. The standard InChI is InChI=1S/C12H12N4O2S2/c1-16(9-4-6-14-7-5-9)20(17,18)10-2-3-11(12(13)19)15-8-10/h2-8H,1H3,(H2,13,19). The summed E-state index contributed by atoms with van der Waals surface area (Å²) < 4.78 is 26.0. The maximum Gasteiger partial charge on any atom is 0.265 e. The molecule has 104 valence electrons. The summed E-state index contributed by atoms with van der Waals surface area (Å²) in [5, 5.41) is 0. The molecule has 8 heteroatoms. The number of nitrogens with two attached hydrogens (primary N) is 1. The van der Waals surface area contributed by atoms with Gasteiger partial charge in [0.15, 0.2) is 0 Å². The molecule has 0 saturated heterocycles. The highest BCUT2D eigenvalue weighted by molar-refractivity contribution is 7.92. The molecule has 2 N–H and O–H groups in total. The number of rotatable bonds is 4. The minimum atomic E-state index is -3.68. The first-order chi connectivity index (χ1) is 9.43. The van der Waals surface area contributed by atoms with Crippen molar-refractivity contribution in [3.8, 4) is 0 Å². The van der Waals surface area contributed by atoms with Crippen molar-refractivity contribution in [3.05, 3.63) is 48.5 Å². The Bertz CT molecular complexity index is 715. The number of thiocarbonyl (C=S) groups is 1. The van der Waals surface area contributed by atoms with Crippen molar-refractivity contribution in [1.82, 2.24) is 9.97 Å². The number of pyridine rings is 2. The third kappa shape index (κ3) is 2.75. The van der Waals surface area contributed by atoms with E-state index in [2.05, 4.69) is 9.97 Å². The first kappa shape index (κ1) is 14.4. The van der Waals surface area contributed by atoms with Crippen LogP contribution in [0.3, 0.4) is 0 Å². The van der Waals surface area contributed by atoms with Gasteiger partial charge in [-0.25, -0.2) is 8.42 Å². The van der Waals surface area contributed by atoms with E-state index < -0.39 is 10.0 Å². The minimum absolute atomic E-state index is 0.0665. The lowest BCUT2D eigenvalue weighted by Gasteiger charge is -2.19. The summed E-state index contributed by atoms with van der Waals surface area (Å²) in [6.07, 6.45) is 4.28. The minimum Gasteiger partial charge on any atom is -0.388 e. The molecule has 0 unspecified atom stereocenters. The molecule has 2 aromatic rings. The summed E-state index contributed by atoms with van der Waals surface area (Å²) in [4.78, 5) is 7.98. The molecule has 0 aromatic carbocycles.